The fourth-order valence-corrected chi connectivity index (χ4v) is 13.2. The number of nitrogens with zero attached hydrogens (tertiary/aromatic N) is 9. The molecule has 98 heavy (non-hydrogen) atoms. The maximum atomic E-state index is 13.3. The quantitative estimate of drug-likeness (QED) is 0.0113. The van der Waals surface area contributed by atoms with Crippen molar-refractivity contribution < 1.29 is 96.3 Å². The van der Waals surface area contributed by atoms with Crippen LogP contribution in [0, 0.1) is 12.8 Å². The summed E-state index contributed by atoms with van der Waals surface area (Å²) >= 11 is 8.03. The normalized spacial score (nSPS) is 14.2. The zero-order chi connectivity index (χ0) is 73.0. The molecule has 0 saturated heterocycles. The molecule has 2 aromatic carbocycles. The number of sulfone groups is 1. The number of pyridine rings is 2. The summed E-state index contributed by atoms with van der Waals surface area (Å²) in [6.07, 6.45) is 1.14. The van der Waals surface area contributed by atoms with Crippen LogP contribution in [0.3, 0.4) is 0 Å². The molecule has 25 nitrogen and oxygen atoms in total. The van der Waals surface area contributed by atoms with E-state index in [1.165, 1.54) is 34.3 Å². The summed E-state index contributed by atoms with van der Waals surface area (Å²) < 4.78 is 157. The topological polar surface area (TPSA) is 326 Å². The second-order valence-electron chi connectivity index (χ2n) is 21.8. The number of aromatic hydroxyl groups is 1. The molecule has 1 aliphatic carbocycles. The molecule has 0 saturated carbocycles. The number of fused-ring (bicyclic) bond motifs is 2. The number of alkyl halides is 6. The van der Waals surface area contributed by atoms with Crippen molar-refractivity contribution in [3.05, 3.63) is 111 Å². The van der Waals surface area contributed by atoms with Gasteiger partial charge in [0.15, 0.2) is 27.1 Å². The van der Waals surface area contributed by atoms with E-state index in [9.17, 15) is 67.8 Å². The van der Waals surface area contributed by atoms with Crippen LogP contribution in [-0.4, -0.2) is 148 Å². The third-order valence-corrected chi connectivity index (χ3v) is 18.1. The average Bonchev–Trinajstić information content (AvgIpc) is 1.30. The minimum Gasteiger partial charge on any atom is -0.511 e. The van der Waals surface area contributed by atoms with Crippen molar-refractivity contribution in [1.82, 2.24) is 39.3 Å². The van der Waals surface area contributed by atoms with Crippen LogP contribution in [0.1, 0.15) is 132 Å². The summed E-state index contributed by atoms with van der Waals surface area (Å²) in [4.78, 5) is 55.7. The monoisotopic (exact) mass is 1460 g/mol. The van der Waals surface area contributed by atoms with Gasteiger partial charge in [-0.25, -0.2) is 36.0 Å². The number of hydrogen-bond donors (Lipinski definition) is 3. The Morgan fingerprint density at radius 1 is 0.878 bits per heavy atom. The van der Waals surface area contributed by atoms with Crippen molar-refractivity contribution in [1.29, 1.82) is 0 Å². The maximum Gasteiger partial charge on any atom is 0.418 e. The third-order valence-electron chi connectivity index (χ3n) is 14.2. The van der Waals surface area contributed by atoms with Crippen molar-refractivity contribution >= 4 is 89.1 Å². The molecule has 0 aliphatic heterocycles. The Balaban J connectivity index is 0.000000237. The summed E-state index contributed by atoms with van der Waals surface area (Å²) in [6, 6.07) is 10.8. The number of anilines is 1. The molecule has 5 aromatic heterocycles. The number of sulfonamides is 1. The number of aromatic nitrogens is 8. The highest BCUT2D eigenvalue weighted by Gasteiger charge is 2.41. The van der Waals surface area contributed by atoms with Gasteiger partial charge in [-0.2, -0.15) is 57.7 Å². The summed E-state index contributed by atoms with van der Waals surface area (Å²) in [5.74, 6) is -0.959. The average molecular weight is 1460 g/mol. The molecule has 0 radical (unpaired) electrons. The van der Waals surface area contributed by atoms with Crippen molar-refractivity contribution in [2.75, 3.05) is 51.3 Å². The zero-order valence-corrected chi connectivity index (χ0v) is 58.9. The number of benzene rings is 2. The fourth-order valence-electron chi connectivity index (χ4n) is 9.83. The number of allylic oxidation sites excluding steroid dienone is 2. The highest BCUT2D eigenvalue weighted by Crippen LogP contribution is 2.40. The van der Waals surface area contributed by atoms with E-state index in [0.717, 1.165) is 78.2 Å². The number of aryl methyl sites for hydroxylation is 2. The number of unbranched alkanes of at least 4 members (excludes halogenated alkanes) is 2. The van der Waals surface area contributed by atoms with Gasteiger partial charge in [-0.15, -0.1) is 5.10 Å². The number of rotatable bonds is 26. The molecular weight excluding hydrogens is 1380 g/mol. The van der Waals surface area contributed by atoms with Gasteiger partial charge in [0.1, 0.15) is 29.2 Å². The molecule has 0 amide bonds. The Morgan fingerprint density at radius 2 is 1.59 bits per heavy atom. The lowest BCUT2D eigenvalue weighted by Crippen LogP contribution is -2.26. The Morgan fingerprint density at radius 3 is 2.17 bits per heavy atom. The van der Waals surface area contributed by atoms with Gasteiger partial charge in [-0.1, -0.05) is 63.7 Å². The van der Waals surface area contributed by atoms with Crippen LogP contribution in [0.25, 0.3) is 16.7 Å². The van der Waals surface area contributed by atoms with Gasteiger partial charge in [0.05, 0.1) is 71.5 Å². The number of methoxy groups -OCH3 is 3. The highest BCUT2D eigenvalue weighted by atomic mass is 35.5. The molecule has 0 spiro atoms. The first-order chi connectivity index (χ1) is 46.1. The number of carbonyl (C=O) groups is 3. The first-order valence-electron chi connectivity index (χ1n) is 30.4. The van der Waals surface area contributed by atoms with Gasteiger partial charge in [-0.3, -0.25) is 14.6 Å². The van der Waals surface area contributed by atoms with E-state index in [1.807, 2.05) is 49.4 Å². The van der Waals surface area contributed by atoms with Gasteiger partial charge in [0.25, 0.3) is 21.7 Å². The molecule has 3 N–H and O–H groups in total. The molecule has 7 aromatic rings. The van der Waals surface area contributed by atoms with E-state index in [0.29, 0.717) is 83.1 Å². The van der Waals surface area contributed by atoms with Crippen LogP contribution in [0.4, 0.5) is 32.3 Å². The maximum absolute atomic E-state index is 13.3. The van der Waals surface area contributed by atoms with Crippen molar-refractivity contribution in [2.45, 2.75) is 140 Å². The van der Waals surface area contributed by atoms with Crippen molar-refractivity contribution in [2.24, 2.45) is 18.1 Å². The molecular formula is C63H77ClF6N10O15S3. The van der Waals surface area contributed by atoms with Gasteiger partial charge in [-0.05, 0) is 107 Å². The van der Waals surface area contributed by atoms with Gasteiger partial charge >= 0.3 is 18.3 Å². The summed E-state index contributed by atoms with van der Waals surface area (Å²) in [7, 11) is -3.96. The number of aliphatic hydroxyl groups excluding tert-OH is 1. The summed E-state index contributed by atoms with van der Waals surface area (Å²) in [5.41, 5.74) is -1.60. The lowest BCUT2D eigenvalue weighted by atomic mass is 9.82. The molecule has 3 unspecified atom stereocenters. The van der Waals surface area contributed by atoms with Crippen LogP contribution in [-0.2, 0) is 58.4 Å². The van der Waals surface area contributed by atoms with Gasteiger partial charge < -0.3 is 38.7 Å². The standard InChI is InChI=1S/C18H22ClNO3.C17H29NO3S.C14H13F3N6O5S.C14H13F3N2O4S/c1-3-4-5-7-13(2)23-17(21)12-22-16-10-9-15(19)14-8-6-11-20-18(14)16;1-5-8-14(18-21-6-2)17-15(19)10-13(11-16(17)20)9-12(4)22-7-3;1-26-8-6-9(27-2)23-13(19-8)20-12(21-23)22-29(24,25)10-7(14(15,16)17)4-5-18-11(10)28-3;1-7-11(13(21)19(2)18-7)12(20)9-5-4-8(14(15,16)17)6-10(9)24(3,22)23/h6,8-11,13H,3-5,7,12H2,1-2H3;12-13,19H,5-11H2,1-4H3;4-6H,1-3H3,(H,21,22);4-6,21H,1-3H3/b;18-14-;;. The van der Waals surface area contributed by atoms with E-state index < -0.39 is 82.2 Å². The molecule has 536 valence electrons. The molecule has 3 atom stereocenters. The first kappa shape index (κ1) is 80.2. The second kappa shape index (κ2) is 35.8. The third kappa shape index (κ3) is 21.7. The lowest BCUT2D eigenvalue weighted by molar-refractivity contribution is -0.151. The Kier molecular flexibility index (Phi) is 29.3. The second-order valence-corrected chi connectivity index (χ2v) is 27.5. The van der Waals surface area contributed by atoms with Crippen LogP contribution in [0.2, 0.25) is 5.02 Å². The largest absolute Gasteiger partial charge is 0.511 e. The smallest absolute Gasteiger partial charge is 0.418 e. The predicted octanol–water partition coefficient (Wildman–Crippen LogP) is 12.7. The number of ketones is 2. The van der Waals surface area contributed by atoms with E-state index in [1.54, 1.807) is 18.3 Å². The van der Waals surface area contributed by atoms with Crippen LogP contribution >= 0.6 is 23.4 Å². The number of halogens is 7. The van der Waals surface area contributed by atoms with Crippen molar-refractivity contribution in [3.63, 3.8) is 0 Å². The molecule has 1 aliphatic rings. The fraction of sp³-hybridized carbons (Fsp3) is 0.460. The number of esters is 1. The van der Waals surface area contributed by atoms with Crippen LogP contribution in [0.5, 0.6) is 29.3 Å². The molecule has 5 heterocycles. The molecule has 0 fully saturated rings. The van der Waals surface area contributed by atoms with Gasteiger partial charge in [0, 0.05) is 54.7 Å². The highest BCUT2D eigenvalue weighted by molar-refractivity contribution is 7.99. The lowest BCUT2D eigenvalue weighted by Gasteiger charge is -2.25. The summed E-state index contributed by atoms with van der Waals surface area (Å²) in [5, 5.41) is 33.9. The number of aliphatic hydroxyl groups is 1. The SMILES string of the molecule is CCC/C(=N/OCC)C1=C(O)CC(CC(C)SCC)CC1=O.CCCCCC(C)OC(=O)COc1ccc(Cl)c2cccnc12.COc1cc(OC)n2nc(NS(=O)(=O)c3c(C(F)(F)F)ccnc3OC)nc2n1.Cc1nn(C)c(O)c1C(=O)c1ccc(C(F)(F)F)cc1S(C)(=O)=O. The molecule has 8 rings (SSSR count). The van der Waals surface area contributed by atoms with Crippen molar-refractivity contribution in [3.8, 4) is 29.3 Å². The van der Waals surface area contributed by atoms with E-state index in [-0.39, 0.29) is 64.9 Å². The van der Waals surface area contributed by atoms with Crippen LogP contribution in [0.15, 0.2) is 93.3 Å². The number of oxime groups is 1. The van der Waals surface area contributed by atoms with E-state index in [2.05, 4.69) is 56.1 Å². The van der Waals surface area contributed by atoms with Gasteiger partial charge in [0.2, 0.25) is 29.3 Å². The summed E-state index contributed by atoms with van der Waals surface area (Å²) in [6.45, 7) is 14.0. The number of Topliss-reactive ketones (excluding diaryl/α,β-unsaturated/α-hetero) is 1. The number of thioether (sulfide) groups is 1. The number of hydrogen-bond acceptors (Lipinski definition) is 23. The van der Waals surface area contributed by atoms with E-state index >= 15 is 0 Å². The predicted molar refractivity (Wildman–Crippen MR) is 354 cm³/mol. The molecule has 35 heteroatoms. The Hall–Kier alpha value is -8.50. The first-order valence-corrected chi connectivity index (χ1v) is 35.2. The number of carbonyl (C=O) groups excluding carboxylic acids is 3. The number of nitrogens with one attached hydrogen (secondary N) is 1. The Labute approximate surface area is 571 Å². The Bertz CT molecular complexity index is 4230. The molecule has 0 bridgehead atoms. The zero-order valence-electron chi connectivity index (χ0n) is 55.7. The minimum absolute atomic E-state index is 0.00866. The van der Waals surface area contributed by atoms with E-state index in [4.69, 9.17) is 40.1 Å². The minimum atomic E-state index is -4.98. The number of ether oxygens (including phenoxy) is 5. The van der Waals surface area contributed by atoms with Crippen LogP contribution < -0.4 is 23.7 Å².